The molecule has 0 spiro atoms. The quantitative estimate of drug-likeness (QED) is 0.698. The van der Waals surface area contributed by atoms with Gasteiger partial charge in [0.1, 0.15) is 5.82 Å². The van der Waals surface area contributed by atoms with Gasteiger partial charge in [0.15, 0.2) is 0 Å². The summed E-state index contributed by atoms with van der Waals surface area (Å²) in [6.45, 7) is 6.81. The highest BCUT2D eigenvalue weighted by molar-refractivity contribution is 5.89. The van der Waals surface area contributed by atoms with E-state index in [0.29, 0.717) is 5.95 Å². The number of hydrogen-bond acceptors (Lipinski definition) is 7. The molecule has 8 nitrogen and oxygen atoms in total. The predicted octanol–water partition coefficient (Wildman–Crippen LogP) is 1.92. The van der Waals surface area contributed by atoms with Crippen LogP contribution in [0.2, 0.25) is 0 Å². The van der Waals surface area contributed by atoms with E-state index in [0.717, 1.165) is 56.6 Å². The molecule has 2 aromatic rings. The van der Waals surface area contributed by atoms with Gasteiger partial charge in [0.25, 0.3) is 0 Å². The molecule has 1 aliphatic heterocycles. The molecular weight excluding hydrogens is 332 g/mol. The number of hydrogen-bond donors (Lipinski definition) is 3. The maximum absolute atomic E-state index is 11.2. The van der Waals surface area contributed by atoms with Crippen LogP contribution in [-0.2, 0) is 9.53 Å². The summed E-state index contributed by atoms with van der Waals surface area (Å²) in [5.74, 6) is 1.17. The number of ether oxygens (including phenoxy) is 1. The molecule has 8 heteroatoms. The van der Waals surface area contributed by atoms with Crippen LogP contribution in [0.25, 0.3) is 0 Å². The van der Waals surface area contributed by atoms with Crippen LogP contribution >= 0.6 is 0 Å². The van der Waals surface area contributed by atoms with E-state index >= 15 is 0 Å². The molecule has 138 valence electrons. The summed E-state index contributed by atoms with van der Waals surface area (Å²) >= 11 is 0. The fourth-order valence-corrected chi connectivity index (χ4v) is 2.69. The van der Waals surface area contributed by atoms with Gasteiger partial charge in [0, 0.05) is 50.7 Å². The zero-order valence-corrected chi connectivity index (χ0v) is 14.9. The van der Waals surface area contributed by atoms with Gasteiger partial charge in [0.2, 0.25) is 11.9 Å². The van der Waals surface area contributed by atoms with Gasteiger partial charge in [-0.05, 0) is 24.3 Å². The molecule has 0 saturated carbocycles. The molecule has 0 aliphatic carbocycles. The summed E-state index contributed by atoms with van der Waals surface area (Å²) in [7, 11) is 0. The maximum Gasteiger partial charge on any atom is 0.229 e. The molecular formula is C18H24N6O2. The van der Waals surface area contributed by atoms with Crippen LogP contribution in [0.15, 0.2) is 36.5 Å². The smallest absolute Gasteiger partial charge is 0.229 e. The van der Waals surface area contributed by atoms with Gasteiger partial charge in [-0.25, -0.2) is 4.98 Å². The molecule has 1 aliphatic rings. The summed E-state index contributed by atoms with van der Waals surface area (Å²) in [5.41, 5.74) is 1.53. The van der Waals surface area contributed by atoms with Crippen molar-refractivity contribution in [2.75, 3.05) is 55.3 Å². The Hall–Kier alpha value is -2.71. The monoisotopic (exact) mass is 356 g/mol. The summed E-state index contributed by atoms with van der Waals surface area (Å²) < 4.78 is 5.35. The van der Waals surface area contributed by atoms with E-state index in [1.807, 2.05) is 30.3 Å². The number of carbonyl (C=O) groups is 1. The lowest BCUT2D eigenvalue weighted by atomic mass is 10.3. The Labute approximate surface area is 153 Å². The minimum Gasteiger partial charge on any atom is -0.379 e. The first kappa shape index (κ1) is 18.1. The third-order valence-electron chi connectivity index (χ3n) is 3.93. The van der Waals surface area contributed by atoms with E-state index in [2.05, 4.69) is 30.8 Å². The Morgan fingerprint density at radius 3 is 2.85 bits per heavy atom. The minimum atomic E-state index is -0.107. The number of carbonyl (C=O) groups excluding carboxylic acids is 1. The highest BCUT2D eigenvalue weighted by Gasteiger charge is 2.09. The minimum absolute atomic E-state index is 0.107. The normalized spacial score (nSPS) is 14.7. The van der Waals surface area contributed by atoms with Gasteiger partial charge in [-0.3, -0.25) is 9.69 Å². The van der Waals surface area contributed by atoms with Crippen LogP contribution in [0.4, 0.5) is 23.1 Å². The van der Waals surface area contributed by atoms with Crippen LogP contribution in [0.3, 0.4) is 0 Å². The van der Waals surface area contributed by atoms with Crippen LogP contribution in [0.5, 0.6) is 0 Å². The second kappa shape index (κ2) is 9.12. The largest absolute Gasteiger partial charge is 0.379 e. The molecule has 1 amide bonds. The Bertz CT molecular complexity index is 733. The zero-order valence-electron chi connectivity index (χ0n) is 14.9. The van der Waals surface area contributed by atoms with Crippen molar-refractivity contribution in [3.63, 3.8) is 0 Å². The second-order valence-electron chi connectivity index (χ2n) is 6.03. The highest BCUT2D eigenvalue weighted by atomic mass is 16.5. The van der Waals surface area contributed by atoms with E-state index in [1.165, 1.54) is 6.92 Å². The first-order valence-corrected chi connectivity index (χ1v) is 8.71. The molecule has 26 heavy (non-hydrogen) atoms. The molecule has 0 unspecified atom stereocenters. The Balaban J connectivity index is 1.54. The molecule has 1 aromatic carbocycles. The first-order valence-electron chi connectivity index (χ1n) is 8.71. The molecule has 0 radical (unpaired) electrons. The van der Waals surface area contributed by atoms with Gasteiger partial charge in [-0.2, -0.15) is 4.98 Å². The lowest BCUT2D eigenvalue weighted by molar-refractivity contribution is -0.114. The second-order valence-corrected chi connectivity index (χ2v) is 6.03. The molecule has 0 atom stereocenters. The predicted molar refractivity (Wildman–Crippen MR) is 102 cm³/mol. The topological polar surface area (TPSA) is 91.4 Å². The van der Waals surface area contributed by atoms with Crippen molar-refractivity contribution in [1.29, 1.82) is 0 Å². The third-order valence-corrected chi connectivity index (χ3v) is 3.93. The molecule has 3 N–H and O–H groups in total. The van der Waals surface area contributed by atoms with Crippen molar-refractivity contribution in [2.45, 2.75) is 6.92 Å². The Morgan fingerprint density at radius 1 is 1.23 bits per heavy atom. The Kier molecular flexibility index (Phi) is 6.34. The molecule has 1 aromatic heterocycles. The van der Waals surface area contributed by atoms with Crippen molar-refractivity contribution in [1.82, 2.24) is 14.9 Å². The number of aromatic nitrogens is 2. The molecule has 2 heterocycles. The average Bonchev–Trinajstić information content (AvgIpc) is 2.63. The highest BCUT2D eigenvalue weighted by Crippen LogP contribution is 2.18. The fourth-order valence-electron chi connectivity index (χ4n) is 2.69. The summed E-state index contributed by atoms with van der Waals surface area (Å²) in [6.07, 6.45) is 1.71. The number of morpholine rings is 1. The number of amides is 1. The van der Waals surface area contributed by atoms with E-state index < -0.39 is 0 Å². The molecule has 0 bridgehead atoms. The van der Waals surface area contributed by atoms with Crippen LogP contribution < -0.4 is 16.0 Å². The maximum atomic E-state index is 11.2. The van der Waals surface area contributed by atoms with Gasteiger partial charge >= 0.3 is 0 Å². The summed E-state index contributed by atoms with van der Waals surface area (Å²) in [4.78, 5) is 22.3. The van der Waals surface area contributed by atoms with Crippen LogP contribution in [-0.4, -0.2) is 60.2 Å². The Morgan fingerprint density at radius 2 is 2.04 bits per heavy atom. The fraction of sp³-hybridized carbons (Fsp3) is 0.389. The van der Waals surface area contributed by atoms with Crippen molar-refractivity contribution in [3.8, 4) is 0 Å². The zero-order chi connectivity index (χ0) is 18.2. The lowest BCUT2D eigenvalue weighted by Crippen LogP contribution is -2.39. The van der Waals surface area contributed by atoms with Crippen molar-refractivity contribution >= 4 is 29.0 Å². The number of nitrogens with one attached hydrogen (secondary N) is 3. The van der Waals surface area contributed by atoms with Gasteiger partial charge in [0.05, 0.1) is 13.2 Å². The average molecular weight is 356 g/mol. The first-order chi connectivity index (χ1) is 12.7. The lowest BCUT2D eigenvalue weighted by Gasteiger charge is -2.26. The standard InChI is InChI=1S/C18H24N6O2/c1-14(25)21-15-3-2-4-16(13-15)22-18-20-6-5-17(23-18)19-7-8-24-9-11-26-12-10-24/h2-6,13H,7-12H2,1H3,(H,21,25)(H2,19,20,22,23). The van der Waals surface area contributed by atoms with Gasteiger partial charge in [-0.1, -0.05) is 6.07 Å². The van der Waals surface area contributed by atoms with Crippen LogP contribution in [0, 0.1) is 0 Å². The summed E-state index contributed by atoms with van der Waals surface area (Å²) in [6, 6.07) is 9.27. The van der Waals surface area contributed by atoms with Crippen molar-refractivity contribution in [2.24, 2.45) is 0 Å². The number of rotatable bonds is 7. The summed E-state index contributed by atoms with van der Waals surface area (Å²) in [5, 5.41) is 9.24. The van der Waals surface area contributed by atoms with Crippen molar-refractivity contribution in [3.05, 3.63) is 36.5 Å². The van der Waals surface area contributed by atoms with E-state index in [4.69, 9.17) is 4.74 Å². The third kappa shape index (κ3) is 5.68. The van der Waals surface area contributed by atoms with E-state index in [9.17, 15) is 4.79 Å². The molecule has 1 fully saturated rings. The van der Waals surface area contributed by atoms with Crippen LogP contribution in [0.1, 0.15) is 6.92 Å². The number of nitrogens with zero attached hydrogens (tertiary/aromatic N) is 3. The molecule has 1 saturated heterocycles. The number of benzene rings is 1. The van der Waals surface area contributed by atoms with E-state index in [-0.39, 0.29) is 5.91 Å². The number of anilines is 4. The SMILES string of the molecule is CC(=O)Nc1cccc(Nc2nccc(NCCN3CCOCC3)n2)c1. The van der Waals surface area contributed by atoms with Gasteiger partial charge in [-0.15, -0.1) is 0 Å². The van der Waals surface area contributed by atoms with Crippen molar-refractivity contribution < 1.29 is 9.53 Å². The van der Waals surface area contributed by atoms with Gasteiger partial charge < -0.3 is 20.7 Å². The molecule has 3 rings (SSSR count). The van der Waals surface area contributed by atoms with E-state index in [1.54, 1.807) is 6.20 Å².